The molecule has 0 bridgehead atoms. The first-order valence-corrected chi connectivity index (χ1v) is 8.56. The lowest BCUT2D eigenvalue weighted by Crippen LogP contribution is -2.67. The molecule has 2 aliphatic rings. The van der Waals surface area contributed by atoms with E-state index in [4.69, 9.17) is 9.88 Å². The molecule has 0 unspecified atom stereocenters. The summed E-state index contributed by atoms with van der Waals surface area (Å²) in [5, 5.41) is 7.69. The number of nitrogens with one attached hydrogen (secondary N) is 1. The molecule has 2 fully saturated rings. The summed E-state index contributed by atoms with van der Waals surface area (Å²) in [5.74, 6) is -0.736. The standard InChI is InChI=1S/C14H17N3O5S/c1-9(18)16-10-2-3-11(12(4-10)23(15,20)21)13(19)17-5-14(6-17)7-22-8-14/h2-4H,5-8H2,1H3,(H,16,18)(H2,15,20,21). The molecule has 3 N–H and O–H groups in total. The normalized spacial score (nSPS) is 19.0. The third-order valence-corrected chi connectivity index (χ3v) is 4.95. The highest BCUT2D eigenvalue weighted by atomic mass is 32.2. The fourth-order valence-corrected chi connectivity index (χ4v) is 3.62. The van der Waals surface area contributed by atoms with Gasteiger partial charge in [0.1, 0.15) is 0 Å². The minimum Gasteiger partial charge on any atom is -0.380 e. The van der Waals surface area contributed by atoms with Crippen LogP contribution in [0.3, 0.4) is 0 Å². The van der Waals surface area contributed by atoms with Crippen molar-refractivity contribution in [3.8, 4) is 0 Å². The molecule has 124 valence electrons. The number of ether oxygens (including phenoxy) is 1. The number of carbonyl (C=O) groups excluding carboxylic acids is 2. The lowest BCUT2D eigenvalue weighted by Gasteiger charge is -2.54. The first-order valence-electron chi connectivity index (χ1n) is 7.02. The molecule has 2 saturated heterocycles. The maximum atomic E-state index is 12.5. The molecular formula is C14H17N3O5S. The smallest absolute Gasteiger partial charge is 0.255 e. The molecule has 0 radical (unpaired) electrons. The maximum Gasteiger partial charge on any atom is 0.255 e. The monoisotopic (exact) mass is 339 g/mol. The molecule has 8 nitrogen and oxygen atoms in total. The van der Waals surface area contributed by atoms with Crippen LogP contribution in [0.5, 0.6) is 0 Å². The summed E-state index contributed by atoms with van der Waals surface area (Å²) in [6, 6.07) is 4.05. The van der Waals surface area contributed by atoms with Gasteiger partial charge in [-0.3, -0.25) is 9.59 Å². The molecule has 2 aliphatic heterocycles. The molecule has 3 rings (SSSR count). The second kappa shape index (κ2) is 5.29. The van der Waals surface area contributed by atoms with Gasteiger partial charge in [0.2, 0.25) is 15.9 Å². The van der Waals surface area contributed by atoms with Crippen LogP contribution in [-0.2, 0) is 19.6 Å². The van der Waals surface area contributed by atoms with Crippen molar-refractivity contribution >= 4 is 27.5 Å². The van der Waals surface area contributed by atoms with Gasteiger partial charge in [-0.2, -0.15) is 0 Å². The van der Waals surface area contributed by atoms with Crippen LogP contribution in [-0.4, -0.2) is 51.4 Å². The van der Waals surface area contributed by atoms with E-state index < -0.39 is 10.0 Å². The van der Waals surface area contributed by atoms with Gasteiger partial charge in [-0.1, -0.05) is 0 Å². The van der Waals surface area contributed by atoms with Crippen molar-refractivity contribution in [1.82, 2.24) is 4.90 Å². The number of anilines is 1. The van der Waals surface area contributed by atoms with Crippen LogP contribution in [0.15, 0.2) is 23.1 Å². The topological polar surface area (TPSA) is 119 Å². The van der Waals surface area contributed by atoms with Gasteiger partial charge in [0, 0.05) is 25.7 Å². The Labute approximate surface area is 133 Å². The summed E-state index contributed by atoms with van der Waals surface area (Å²) < 4.78 is 28.7. The first kappa shape index (κ1) is 15.9. The minimum atomic E-state index is -4.10. The number of amides is 2. The Hall–Kier alpha value is -1.97. The Morgan fingerprint density at radius 3 is 2.43 bits per heavy atom. The van der Waals surface area contributed by atoms with Crippen molar-refractivity contribution in [2.45, 2.75) is 11.8 Å². The van der Waals surface area contributed by atoms with Gasteiger partial charge < -0.3 is 15.0 Å². The average Bonchev–Trinajstić information content (AvgIpc) is 2.33. The van der Waals surface area contributed by atoms with Gasteiger partial charge >= 0.3 is 0 Å². The molecule has 1 spiro atoms. The number of likely N-dealkylation sites (tertiary alicyclic amines) is 1. The average molecular weight is 339 g/mol. The van der Waals surface area contributed by atoms with Gasteiger partial charge in [-0.15, -0.1) is 0 Å². The van der Waals surface area contributed by atoms with Crippen LogP contribution in [0, 0.1) is 5.41 Å². The fourth-order valence-electron chi connectivity index (χ4n) is 2.87. The highest BCUT2D eigenvalue weighted by Crippen LogP contribution is 2.38. The van der Waals surface area contributed by atoms with E-state index in [0.29, 0.717) is 26.3 Å². The second-order valence-electron chi connectivity index (χ2n) is 6.09. The third kappa shape index (κ3) is 2.94. The number of sulfonamides is 1. The van der Waals surface area contributed by atoms with Gasteiger partial charge in [-0.25, -0.2) is 13.6 Å². The lowest BCUT2D eigenvalue weighted by atomic mass is 9.78. The molecule has 0 aliphatic carbocycles. The molecule has 0 saturated carbocycles. The highest BCUT2D eigenvalue weighted by Gasteiger charge is 2.51. The molecule has 0 aromatic heterocycles. The third-order valence-electron chi connectivity index (χ3n) is 4.00. The van der Waals surface area contributed by atoms with Crippen molar-refractivity contribution in [1.29, 1.82) is 0 Å². The Morgan fingerprint density at radius 1 is 1.30 bits per heavy atom. The van der Waals surface area contributed by atoms with E-state index in [0.717, 1.165) is 0 Å². The van der Waals surface area contributed by atoms with Crippen molar-refractivity contribution in [3.05, 3.63) is 23.8 Å². The number of carbonyl (C=O) groups is 2. The maximum absolute atomic E-state index is 12.5. The van der Waals surface area contributed by atoms with Crippen LogP contribution in [0.2, 0.25) is 0 Å². The Kier molecular flexibility index (Phi) is 3.66. The van der Waals surface area contributed by atoms with Crippen LogP contribution in [0.4, 0.5) is 5.69 Å². The summed E-state index contributed by atoms with van der Waals surface area (Å²) in [7, 11) is -4.10. The fraction of sp³-hybridized carbons (Fsp3) is 0.429. The molecule has 1 aromatic rings. The zero-order valence-electron chi connectivity index (χ0n) is 12.5. The SMILES string of the molecule is CC(=O)Nc1ccc(C(=O)N2CC3(COC3)C2)c(S(N)(=O)=O)c1. The van der Waals surface area contributed by atoms with E-state index in [2.05, 4.69) is 5.32 Å². The van der Waals surface area contributed by atoms with Crippen LogP contribution < -0.4 is 10.5 Å². The van der Waals surface area contributed by atoms with E-state index in [9.17, 15) is 18.0 Å². The summed E-state index contributed by atoms with van der Waals surface area (Å²) in [4.78, 5) is 24.9. The zero-order valence-corrected chi connectivity index (χ0v) is 13.4. The summed E-state index contributed by atoms with van der Waals surface area (Å²) in [6.45, 7) is 3.64. The number of nitrogens with zero attached hydrogens (tertiary/aromatic N) is 1. The highest BCUT2D eigenvalue weighted by molar-refractivity contribution is 7.89. The lowest BCUT2D eigenvalue weighted by molar-refractivity contribution is -0.176. The Bertz CT molecular complexity index is 778. The zero-order chi connectivity index (χ0) is 16.8. The van der Waals surface area contributed by atoms with Crippen molar-refractivity contribution in [2.75, 3.05) is 31.6 Å². The van der Waals surface area contributed by atoms with Crippen molar-refractivity contribution in [2.24, 2.45) is 10.6 Å². The second-order valence-corrected chi connectivity index (χ2v) is 7.62. The number of hydrogen-bond acceptors (Lipinski definition) is 5. The Morgan fingerprint density at radius 2 is 1.96 bits per heavy atom. The molecular weight excluding hydrogens is 322 g/mol. The van der Waals surface area contributed by atoms with Gasteiger partial charge in [-0.05, 0) is 18.2 Å². The number of hydrogen-bond donors (Lipinski definition) is 2. The molecule has 9 heteroatoms. The van der Waals surface area contributed by atoms with Gasteiger partial charge in [0.05, 0.1) is 29.1 Å². The predicted octanol–water partition coefficient (Wildman–Crippen LogP) is -0.235. The predicted molar refractivity (Wildman–Crippen MR) is 81.3 cm³/mol. The minimum absolute atomic E-state index is 0.0108. The first-order chi connectivity index (χ1) is 10.7. The van der Waals surface area contributed by atoms with E-state index >= 15 is 0 Å². The summed E-state index contributed by atoms with van der Waals surface area (Å²) in [6.07, 6.45) is 0. The van der Waals surface area contributed by atoms with E-state index in [1.54, 1.807) is 4.90 Å². The largest absolute Gasteiger partial charge is 0.380 e. The van der Waals surface area contributed by atoms with E-state index in [1.807, 2.05) is 0 Å². The summed E-state index contributed by atoms with van der Waals surface area (Å²) >= 11 is 0. The van der Waals surface area contributed by atoms with E-state index in [1.165, 1.54) is 25.1 Å². The van der Waals surface area contributed by atoms with E-state index in [-0.39, 0.29) is 33.4 Å². The molecule has 1 aromatic carbocycles. The molecule has 23 heavy (non-hydrogen) atoms. The van der Waals surface area contributed by atoms with Crippen molar-refractivity contribution in [3.63, 3.8) is 0 Å². The van der Waals surface area contributed by atoms with Gasteiger partial charge in [0.25, 0.3) is 5.91 Å². The van der Waals surface area contributed by atoms with Crippen LogP contribution >= 0.6 is 0 Å². The van der Waals surface area contributed by atoms with Crippen LogP contribution in [0.25, 0.3) is 0 Å². The summed E-state index contributed by atoms with van der Waals surface area (Å²) in [5.41, 5.74) is 0.315. The quantitative estimate of drug-likeness (QED) is 0.788. The number of nitrogens with two attached hydrogens (primary N) is 1. The van der Waals surface area contributed by atoms with Crippen LogP contribution in [0.1, 0.15) is 17.3 Å². The van der Waals surface area contributed by atoms with Crippen molar-refractivity contribution < 1.29 is 22.7 Å². The Balaban J connectivity index is 1.88. The number of rotatable bonds is 3. The number of benzene rings is 1. The number of primary sulfonamides is 1. The molecule has 2 heterocycles. The molecule has 2 amide bonds. The molecule has 0 atom stereocenters. The van der Waals surface area contributed by atoms with Gasteiger partial charge in [0.15, 0.2) is 0 Å².